The van der Waals surface area contributed by atoms with Crippen LogP contribution in [0.15, 0.2) is 23.3 Å². The van der Waals surface area contributed by atoms with Crippen molar-refractivity contribution < 1.29 is 4.79 Å². The maximum atomic E-state index is 12.2. The van der Waals surface area contributed by atoms with E-state index in [2.05, 4.69) is 12.0 Å². The number of hydrogen-bond acceptors (Lipinski definition) is 2. The van der Waals surface area contributed by atoms with Crippen LogP contribution in [0.2, 0.25) is 0 Å². The molecule has 1 aliphatic rings. The number of aryl methyl sites for hydroxylation is 2. The summed E-state index contributed by atoms with van der Waals surface area (Å²) in [4.78, 5) is 12.2. The predicted molar refractivity (Wildman–Crippen MR) is 70.3 cm³/mol. The SMILES string of the molecule is CCC1C(=O)N(c2ccc(C)c(C)c2)N=C1C. The molecule has 0 N–H and O–H groups in total. The Kier molecular flexibility index (Phi) is 3.01. The van der Waals surface area contributed by atoms with Crippen LogP contribution in [0, 0.1) is 19.8 Å². The fraction of sp³-hybridized carbons (Fsp3) is 0.429. The highest BCUT2D eigenvalue weighted by molar-refractivity contribution is 6.14. The van der Waals surface area contributed by atoms with Crippen LogP contribution in [0.25, 0.3) is 0 Å². The first kappa shape index (κ1) is 11.8. The van der Waals surface area contributed by atoms with Crippen molar-refractivity contribution in [3.63, 3.8) is 0 Å². The third-order valence-corrected chi connectivity index (χ3v) is 3.41. The van der Waals surface area contributed by atoms with Crippen LogP contribution < -0.4 is 5.01 Å². The van der Waals surface area contributed by atoms with Crippen molar-refractivity contribution in [2.45, 2.75) is 34.1 Å². The first-order valence-electron chi connectivity index (χ1n) is 6.01. The number of benzene rings is 1. The highest BCUT2D eigenvalue weighted by atomic mass is 16.2. The van der Waals surface area contributed by atoms with Crippen molar-refractivity contribution in [3.8, 4) is 0 Å². The van der Waals surface area contributed by atoms with Gasteiger partial charge in [0.1, 0.15) is 0 Å². The van der Waals surface area contributed by atoms with E-state index in [4.69, 9.17) is 0 Å². The van der Waals surface area contributed by atoms with Gasteiger partial charge in [-0.25, -0.2) is 5.01 Å². The largest absolute Gasteiger partial charge is 0.272 e. The molecule has 1 amide bonds. The average Bonchev–Trinajstić information content (AvgIpc) is 2.58. The van der Waals surface area contributed by atoms with E-state index in [1.54, 1.807) is 0 Å². The molecule has 1 aliphatic heterocycles. The normalized spacial score (nSPS) is 19.8. The molecule has 17 heavy (non-hydrogen) atoms. The summed E-state index contributed by atoms with van der Waals surface area (Å²) in [6, 6.07) is 6.00. The zero-order valence-corrected chi connectivity index (χ0v) is 10.8. The number of carbonyl (C=O) groups excluding carboxylic acids is 1. The van der Waals surface area contributed by atoms with Gasteiger partial charge in [0.25, 0.3) is 5.91 Å². The molecule has 0 aliphatic carbocycles. The molecule has 3 heteroatoms. The molecular weight excluding hydrogens is 212 g/mol. The Morgan fingerprint density at radius 1 is 1.24 bits per heavy atom. The molecule has 1 aromatic rings. The molecule has 0 aromatic heterocycles. The second-order valence-electron chi connectivity index (χ2n) is 4.62. The van der Waals surface area contributed by atoms with E-state index in [9.17, 15) is 4.79 Å². The average molecular weight is 230 g/mol. The van der Waals surface area contributed by atoms with Gasteiger partial charge in [0, 0.05) is 5.71 Å². The molecule has 1 heterocycles. The summed E-state index contributed by atoms with van der Waals surface area (Å²) in [5.41, 5.74) is 4.19. The Morgan fingerprint density at radius 3 is 2.47 bits per heavy atom. The Morgan fingerprint density at radius 2 is 1.94 bits per heavy atom. The van der Waals surface area contributed by atoms with Crippen LogP contribution in [0.5, 0.6) is 0 Å². The molecule has 0 saturated heterocycles. The molecule has 1 aromatic carbocycles. The minimum absolute atomic E-state index is 0.0448. The van der Waals surface area contributed by atoms with Crippen LogP contribution in [0.1, 0.15) is 31.4 Å². The number of hydrogen-bond donors (Lipinski definition) is 0. The number of hydrazone groups is 1. The van der Waals surface area contributed by atoms with Gasteiger partial charge in [-0.05, 0) is 50.5 Å². The lowest BCUT2D eigenvalue weighted by Gasteiger charge is -2.14. The maximum Gasteiger partial charge on any atom is 0.256 e. The van der Waals surface area contributed by atoms with E-state index in [0.29, 0.717) is 0 Å². The molecule has 0 saturated carbocycles. The zero-order chi connectivity index (χ0) is 12.6. The summed E-state index contributed by atoms with van der Waals surface area (Å²) >= 11 is 0. The number of anilines is 1. The first-order valence-corrected chi connectivity index (χ1v) is 6.01. The molecule has 0 spiro atoms. The molecule has 0 fully saturated rings. The van der Waals surface area contributed by atoms with Crippen molar-refractivity contribution in [3.05, 3.63) is 29.3 Å². The van der Waals surface area contributed by atoms with Crippen molar-refractivity contribution in [1.29, 1.82) is 0 Å². The summed E-state index contributed by atoms with van der Waals surface area (Å²) in [5, 5.41) is 5.90. The lowest BCUT2D eigenvalue weighted by atomic mass is 10.0. The fourth-order valence-corrected chi connectivity index (χ4v) is 2.12. The minimum atomic E-state index is -0.0448. The van der Waals surface area contributed by atoms with Gasteiger partial charge < -0.3 is 0 Å². The second kappa shape index (κ2) is 4.32. The standard InChI is InChI=1S/C14H18N2O/c1-5-13-11(4)15-16(14(13)17)12-7-6-9(2)10(3)8-12/h6-8,13H,5H2,1-4H3. The predicted octanol–water partition coefficient (Wildman–Crippen LogP) is 3.05. The van der Waals surface area contributed by atoms with E-state index in [1.165, 1.54) is 16.1 Å². The van der Waals surface area contributed by atoms with Crippen LogP contribution in [-0.2, 0) is 4.79 Å². The lowest BCUT2D eigenvalue weighted by molar-refractivity contribution is -0.119. The van der Waals surface area contributed by atoms with Crippen LogP contribution in [0.4, 0.5) is 5.69 Å². The summed E-state index contributed by atoms with van der Waals surface area (Å²) in [5.74, 6) is 0.0462. The summed E-state index contributed by atoms with van der Waals surface area (Å²) in [6.45, 7) is 8.06. The van der Waals surface area contributed by atoms with Gasteiger partial charge >= 0.3 is 0 Å². The molecule has 3 nitrogen and oxygen atoms in total. The Labute approximate surface area is 102 Å². The topological polar surface area (TPSA) is 32.7 Å². The minimum Gasteiger partial charge on any atom is -0.272 e. The molecule has 0 bridgehead atoms. The number of nitrogens with zero attached hydrogens (tertiary/aromatic N) is 2. The third-order valence-electron chi connectivity index (χ3n) is 3.41. The zero-order valence-electron chi connectivity index (χ0n) is 10.8. The molecular formula is C14H18N2O. The van der Waals surface area contributed by atoms with Gasteiger partial charge in [0.2, 0.25) is 0 Å². The highest BCUT2D eigenvalue weighted by Gasteiger charge is 2.32. The third kappa shape index (κ3) is 1.97. The monoisotopic (exact) mass is 230 g/mol. The van der Waals surface area contributed by atoms with Crippen molar-refractivity contribution in [2.75, 3.05) is 5.01 Å². The van der Waals surface area contributed by atoms with Gasteiger partial charge in [0.15, 0.2) is 0 Å². The Balaban J connectivity index is 2.36. The molecule has 0 radical (unpaired) electrons. The Hall–Kier alpha value is -1.64. The van der Waals surface area contributed by atoms with E-state index < -0.39 is 0 Å². The Bertz CT molecular complexity index is 491. The molecule has 90 valence electrons. The maximum absolute atomic E-state index is 12.2. The second-order valence-corrected chi connectivity index (χ2v) is 4.62. The van der Waals surface area contributed by atoms with Gasteiger partial charge in [-0.3, -0.25) is 4.79 Å². The smallest absolute Gasteiger partial charge is 0.256 e. The fourth-order valence-electron chi connectivity index (χ4n) is 2.12. The molecule has 1 atom stereocenters. The number of amides is 1. The van der Waals surface area contributed by atoms with E-state index in [1.807, 2.05) is 39.0 Å². The van der Waals surface area contributed by atoms with Gasteiger partial charge in [-0.2, -0.15) is 5.10 Å². The number of carbonyl (C=O) groups is 1. The van der Waals surface area contributed by atoms with Gasteiger partial charge in [0.05, 0.1) is 11.6 Å². The van der Waals surface area contributed by atoms with Crippen LogP contribution in [-0.4, -0.2) is 11.6 Å². The highest BCUT2D eigenvalue weighted by Crippen LogP contribution is 2.26. The van der Waals surface area contributed by atoms with E-state index in [-0.39, 0.29) is 11.8 Å². The summed E-state index contributed by atoms with van der Waals surface area (Å²) in [7, 11) is 0. The number of rotatable bonds is 2. The van der Waals surface area contributed by atoms with Gasteiger partial charge in [-0.15, -0.1) is 0 Å². The van der Waals surface area contributed by atoms with E-state index >= 15 is 0 Å². The summed E-state index contributed by atoms with van der Waals surface area (Å²) in [6.07, 6.45) is 0.815. The van der Waals surface area contributed by atoms with Crippen molar-refractivity contribution in [1.82, 2.24) is 0 Å². The first-order chi connectivity index (χ1) is 8.04. The van der Waals surface area contributed by atoms with Crippen molar-refractivity contribution in [2.24, 2.45) is 11.0 Å². The van der Waals surface area contributed by atoms with Gasteiger partial charge in [-0.1, -0.05) is 13.0 Å². The lowest BCUT2D eigenvalue weighted by Crippen LogP contribution is -2.26. The summed E-state index contributed by atoms with van der Waals surface area (Å²) < 4.78 is 0. The van der Waals surface area contributed by atoms with Crippen molar-refractivity contribution >= 4 is 17.3 Å². The molecule has 2 rings (SSSR count). The van der Waals surface area contributed by atoms with Crippen LogP contribution in [0.3, 0.4) is 0 Å². The molecule has 1 unspecified atom stereocenters. The quantitative estimate of drug-likeness (QED) is 0.768. The van der Waals surface area contributed by atoms with E-state index in [0.717, 1.165) is 17.8 Å². The van der Waals surface area contributed by atoms with Crippen LogP contribution >= 0.6 is 0 Å².